The maximum atomic E-state index is 14.7. The molecule has 0 heterocycles. The van der Waals surface area contributed by atoms with E-state index in [9.17, 15) is 22.0 Å². The largest absolute Gasteiger partial charge is 0.204 e. The van der Waals surface area contributed by atoms with Crippen molar-refractivity contribution >= 4 is 43.1 Å². The molecule has 0 N–H and O–H groups in total. The molecule has 0 aliphatic carbocycles. The van der Waals surface area contributed by atoms with E-state index < -0.39 is 29.1 Å². The molecule has 0 saturated carbocycles. The van der Waals surface area contributed by atoms with Crippen LogP contribution in [-0.2, 0) is 0 Å². The third-order valence-electron chi connectivity index (χ3n) is 7.37. The molecule has 39 heavy (non-hydrogen) atoms. The van der Waals surface area contributed by atoms with Crippen LogP contribution in [0, 0.1) is 29.1 Å². The Hall–Kier alpha value is -4.77. The van der Waals surface area contributed by atoms with Crippen LogP contribution in [0.5, 0.6) is 0 Å². The highest BCUT2D eigenvalue weighted by atomic mass is 19.2. The van der Waals surface area contributed by atoms with Crippen LogP contribution in [0.4, 0.5) is 22.0 Å². The van der Waals surface area contributed by atoms with Gasteiger partial charge in [-0.25, -0.2) is 22.0 Å². The summed E-state index contributed by atoms with van der Waals surface area (Å²) in [4.78, 5) is 0. The normalized spacial score (nSPS) is 11.7. The van der Waals surface area contributed by atoms with Crippen LogP contribution in [0.1, 0.15) is 0 Å². The number of benzene rings is 7. The smallest absolute Gasteiger partial charge is 0.194 e. The van der Waals surface area contributed by atoms with E-state index in [2.05, 4.69) is 0 Å². The highest BCUT2D eigenvalue weighted by Gasteiger charge is 2.19. The van der Waals surface area contributed by atoms with Gasteiger partial charge < -0.3 is 0 Å². The van der Waals surface area contributed by atoms with Crippen molar-refractivity contribution in [2.24, 2.45) is 0 Å². The molecule has 7 rings (SSSR count). The van der Waals surface area contributed by atoms with Crippen molar-refractivity contribution in [2.75, 3.05) is 0 Å². The number of hydrogen-bond donors (Lipinski definition) is 0. The van der Waals surface area contributed by atoms with Gasteiger partial charge in [0, 0.05) is 0 Å². The Balaban J connectivity index is 1.69. The fraction of sp³-hybridized carbons (Fsp3) is 0. The minimum absolute atomic E-state index is 0.133. The summed E-state index contributed by atoms with van der Waals surface area (Å²) in [6.07, 6.45) is 0. The van der Waals surface area contributed by atoms with Gasteiger partial charge in [-0.2, -0.15) is 0 Å². The zero-order valence-corrected chi connectivity index (χ0v) is 20.2. The Labute approximate surface area is 219 Å². The molecule has 0 spiro atoms. The van der Waals surface area contributed by atoms with Gasteiger partial charge in [-0.15, -0.1) is 0 Å². The minimum atomic E-state index is -1.55. The summed E-state index contributed by atoms with van der Waals surface area (Å²) < 4.78 is 71.4. The molecule has 0 amide bonds. The summed E-state index contributed by atoms with van der Waals surface area (Å²) in [5.41, 5.74) is 2.03. The second kappa shape index (κ2) is 8.63. The Morgan fingerprint density at radius 3 is 1.77 bits per heavy atom. The highest BCUT2D eigenvalue weighted by Crippen LogP contribution is 2.44. The lowest BCUT2D eigenvalue weighted by Gasteiger charge is -2.18. The third-order valence-corrected chi connectivity index (χ3v) is 7.37. The second-order valence-electron chi connectivity index (χ2n) is 9.58. The van der Waals surface area contributed by atoms with E-state index >= 15 is 0 Å². The summed E-state index contributed by atoms with van der Waals surface area (Å²) in [5, 5.41) is 6.09. The lowest BCUT2D eigenvalue weighted by Crippen LogP contribution is -1.95. The van der Waals surface area contributed by atoms with Gasteiger partial charge in [0.2, 0.25) is 0 Å². The van der Waals surface area contributed by atoms with Gasteiger partial charge in [-0.1, -0.05) is 66.7 Å². The van der Waals surface area contributed by atoms with E-state index in [1.54, 1.807) is 18.2 Å². The molecule has 0 aromatic heterocycles. The van der Waals surface area contributed by atoms with E-state index in [0.29, 0.717) is 32.7 Å². The molecule has 0 aliphatic rings. The van der Waals surface area contributed by atoms with Crippen LogP contribution in [0.25, 0.3) is 65.3 Å². The lowest BCUT2D eigenvalue weighted by atomic mass is 9.85. The molecule has 7 aromatic rings. The Morgan fingerprint density at radius 1 is 0.359 bits per heavy atom. The average molecular weight is 521 g/mol. The van der Waals surface area contributed by atoms with E-state index in [1.807, 2.05) is 60.7 Å². The molecule has 0 nitrogen and oxygen atoms in total. The van der Waals surface area contributed by atoms with Crippen molar-refractivity contribution < 1.29 is 22.0 Å². The van der Waals surface area contributed by atoms with Gasteiger partial charge in [0.1, 0.15) is 0 Å². The van der Waals surface area contributed by atoms with Crippen molar-refractivity contribution in [3.63, 3.8) is 0 Å². The Morgan fingerprint density at radius 2 is 1.00 bits per heavy atom. The van der Waals surface area contributed by atoms with E-state index in [-0.39, 0.29) is 5.56 Å². The third kappa shape index (κ3) is 3.57. The van der Waals surface area contributed by atoms with Crippen molar-refractivity contribution in [3.8, 4) is 22.3 Å². The van der Waals surface area contributed by atoms with Gasteiger partial charge in [0.15, 0.2) is 29.1 Å². The molecule has 5 heteroatoms. The number of rotatable bonds is 2. The standard InChI is InChI=1S/C34H17F5/c35-29-14-19-13-27-22(20-15-31(37)34(39)32(38)16-20)10-5-11-25(27)33(26(19)17-30(29)36)28-12-18-6-1-2-7-21(18)23-8-3-4-9-24(23)28/h1-17H. The first kappa shape index (κ1) is 23.4. The molecule has 0 unspecified atom stereocenters. The van der Waals surface area contributed by atoms with Gasteiger partial charge in [-0.05, 0) is 102 Å². The summed E-state index contributed by atoms with van der Waals surface area (Å²) in [5.74, 6) is -6.15. The quantitative estimate of drug-likeness (QED) is 0.0921. The van der Waals surface area contributed by atoms with Crippen molar-refractivity contribution in [3.05, 3.63) is 132 Å². The molecule has 0 fully saturated rings. The zero-order chi connectivity index (χ0) is 26.8. The lowest BCUT2D eigenvalue weighted by molar-refractivity contribution is 0.448. The molecule has 0 atom stereocenters. The molecule has 0 aliphatic heterocycles. The first-order valence-corrected chi connectivity index (χ1v) is 12.3. The first-order valence-electron chi connectivity index (χ1n) is 12.3. The predicted octanol–water partition coefficient (Wildman–Crippen LogP) is 10.3. The van der Waals surface area contributed by atoms with Gasteiger partial charge in [0.05, 0.1) is 0 Å². The zero-order valence-electron chi connectivity index (χ0n) is 20.2. The number of hydrogen-bond acceptors (Lipinski definition) is 0. The average Bonchev–Trinajstić information content (AvgIpc) is 2.94. The van der Waals surface area contributed by atoms with Crippen molar-refractivity contribution in [2.45, 2.75) is 0 Å². The maximum Gasteiger partial charge on any atom is 0.194 e. The van der Waals surface area contributed by atoms with Crippen molar-refractivity contribution in [1.29, 1.82) is 0 Å². The van der Waals surface area contributed by atoms with Crippen LogP contribution in [0.2, 0.25) is 0 Å². The summed E-state index contributed by atoms with van der Waals surface area (Å²) in [6, 6.07) is 28.9. The van der Waals surface area contributed by atoms with Crippen LogP contribution < -0.4 is 0 Å². The second-order valence-corrected chi connectivity index (χ2v) is 9.58. The van der Waals surface area contributed by atoms with E-state index in [1.165, 1.54) is 6.07 Å². The fourth-order valence-corrected chi connectivity index (χ4v) is 5.65. The van der Waals surface area contributed by atoms with Crippen LogP contribution in [-0.4, -0.2) is 0 Å². The van der Waals surface area contributed by atoms with Gasteiger partial charge in [-0.3, -0.25) is 0 Å². The fourth-order valence-electron chi connectivity index (χ4n) is 5.65. The maximum absolute atomic E-state index is 14.7. The molecule has 0 bridgehead atoms. The molecule has 0 saturated heterocycles. The topological polar surface area (TPSA) is 0 Å². The summed E-state index contributed by atoms with van der Waals surface area (Å²) in [7, 11) is 0. The minimum Gasteiger partial charge on any atom is -0.204 e. The van der Waals surface area contributed by atoms with Crippen LogP contribution >= 0.6 is 0 Å². The Kier molecular flexibility index (Phi) is 5.17. The molecule has 188 valence electrons. The molecule has 0 radical (unpaired) electrons. The summed E-state index contributed by atoms with van der Waals surface area (Å²) >= 11 is 0. The first-order chi connectivity index (χ1) is 18.9. The number of fused-ring (bicyclic) bond motifs is 5. The van der Waals surface area contributed by atoms with E-state index in [0.717, 1.165) is 45.3 Å². The predicted molar refractivity (Wildman–Crippen MR) is 147 cm³/mol. The van der Waals surface area contributed by atoms with Gasteiger partial charge >= 0.3 is 0 Å². The van der Waals surface area contributed by atoms with Gasteiger partial charge in [0.25, 0.3) is 0 Å². The van der Waals surface area contributed by atoms with E-state index in [4.69, 9.17) is 0 Å². The monoisotopic (exact) mass is 520 g/mol. The van der Waals surface area contributed by atoms with Crippen molar-refractivity contribution in [1.82, 2.24) is 0 Å². The Bertz CT molecular complexity index is 2100. The highest BCUT2D eigenvalue weighted by molar-refractivity contribution is 6.22. The van der Waals surface area contributed by atoms with Crippen LogP contribution in [0.3, 0.4) is 0 Å². The number of halogens is 5. The van der Waals surface area contributed by atoms with Crippen LogP contribution in [0.15, 0.2) is 103 Å². The molecule has 7 aromatic carbocycles. The SMILES string of the molecule is Fc1cc2cc3c(-c4cc(F)c(F)c(F)c4)cccc3c(-c3cc4ccccc4c4ccccc34)c2cc1F. The summed E-state index contributed by atoms with van der Waals surface area (Å²) in [6.45, 7) is 0. The molecular formula is C34H17F5. The molecular weight excluding hydrogens is 503 g/mol.